The SMILES string of the molecule is Oc1ccc(CCN2CCC(Oc3ccccc3F)CC2)cc1. The van der Waals surface area contributed by atoms with Crippen molar-refractivity contribution in [1.29, 1.82) is 0 Å². The first-order valence-electron chi connectivity index (χ1n) is 8.12. The standard InChI is InChI=1S/C19H22FNO2/c20-18-3-1-2-4-19(18)23-17-10-13-21(14-11-17)12-9-15-5-7-16(22)8-6-15/h1-8,17,22H,9-14H2. The minimum absolute atomic E-state index is 0.0943. The Morgan fingerprint density at radius 1 is 1.04 bits per heavy atom. The van der Waals surface area contributed by atoms with Gasteiger partial charge in [-0.15, -0.1) is 0 Å². The molecule has 0 radical (unpaired) electrons. The largest absolute Gasteiger partial charge is 0.508 e. The maximum atomic E-state index is 13.6. The van der Waals surface area contributed by atoms with Gasteiger partial charge in [-0.25, -0.2) is 4.39 Å². The zero-order valence-corrected chi connectivity index (χ0v) is 13.1. The van der Waals surface area contributed by atoms with Crippen LogP contribution in [0.2, 0.25) is 0 Å². The molecule has 3 rings (SSSR count). The summed E-state index contributed by atoms with van der Waals surface area (Å²) in [5, 5.41) is 9.29. The molecular formula is C19H22FNO2. The maximum Gasteiger partial charge on any atom is 0.165 e. The summed E-state index contributed by atoms with van der Waals surface area (Å²) in [7, 11) is 0. The molecule has 0 spiro atoms. The van der Waals surface area contributed by atoms with Crippen molar-refractivity contribution in [2.45, 2.75) is 25.4 Å². The number of piperidine rings is 1. The van der Waals surface area contributed by atoms with Crippen LogP contribution in [0.4, 0.5) is 4.39 Å². The van der Waals surface area contributed by atoms with Gasteiger partial charge in [-0.05, 0) is 49.1 Å². The van der Waals surface area contributed by atoms with Crippen molar-refractivity contribution < 1.29 is 14.2 Å². The van der Waals surface area contributed by atoms with Crippen LogP contribution in [0.25, 0.3) is 0 Å². The lowest BCUT2D eigenvalue weighted by Crippen LogP contribution is -2.39. The smallest absolute Gasteiger partial charge is 0.165 e. The van der Waals surface area contributed by atoms with Gasteiger partial charge in [0, 0.05) is 19.6 Å². The minimum atomic E-state index is -0.290. The number of aromatic hydroxyl groups is 1. The first-order chi connectivity index (χ1) is 11.2. The van der Waals surface area contributed by atoms with E-state index in [2.05, 4.69) is 4.90 Å². The Balaban J connectivity index is 1.43. The fourth-order valence-corrected chi connectivity index (χ4v) is 2.92. The van der Waals surface area contributed by atoms with Crippen molar-refractivity contribution >= 4 is 0 Å². The molecule has 0 unspecified atom stereocenters. The second-order valence-corrected chi connectivity index (χ2v) is 6.01. The summed E-state index contributed by atoms with van der Waals surface area (Å²) in [6, 6.07) is 14.0. The number of benzene rings is 2. The van der Waals surface area contributed by atoms with E-state index in [1.807, 2.05) is 12.1 Å². The van der Waals surface area contributed by atoms with Crippen molar-refractivity contribution in [3.63, 3.8) is 0 Å². The Labute approximate surface area is 136 Å². The average molecular weight is 315 g/mol. The van der Waals surface area contributed by atoms with Crippen LogP contribution in [0.15, 0.2) is 48.5 Å². The molecule has 122 valence electrons. The molecule has 1 aliphatic rings. The van der Waals surface area contributed by atoms with E-state index in [0.717, 1.165) is 38.9 Å². The number of nitrogens with zero attached hydrogens (tertiary/aromatic N) is 1. The van der Waals surface area contributed by atoms with E-state index >= 15 is 0 Å². The van der Waals surface area contributed by atoms with Crippen molar-refractivity contribution in [3.8, 4) is 11.5 Å². The Hall–Kier alpha value is -2.07. The Bertz CT molecular complexity index is 622. The number of likely N-dealkylation sites (tertiary alicyclic amines) is 1. The second-order valence-electron chi connectivity index (χ2n) is 6.01. The summed E-state index contributed by atoms with van der Waals surface area (Å²) in [5.74, 6) is 0.372. The first-order valence-corrected chi connectivity index (χ1v) is 8.12. The first kappa shape index (κ1) is 15.8. The van der Waals surface area contributed by atoms with Gasteiger partial charge >= 0.3 is 0 Å². The third kappa shape index (κ3) is 4.45. The molecule has 1 N–H and O–H groups in total. The fraction of sp³-hybridized carbons (Fsp3) is 0.368. The van der Waals surface area contributed by atoms with Crippen LogP contribution in [-0.2, 0) is 6.42 Å². The summed E-state index contributed by atoms with van der Waals surface area (Å²) in [5.41, 5.74) is 1.23. The maximum absolute atomic E-state index is 13.6. The van der Waals surface area contributed by atoms with Gasteiger partial charge in [0.25, 0.3) is 0 Å². The summed E-state index contributed by atoms with van der Waals surface area (Å²) >= 11 is 0. The van der Waals surface area contributed by atoms with E-state index in [9.17, 15) is 9.50 Å². The molecule has 3 nitrogen and oxygen atoms in total. The lowest BCUT2D eigenvalue weighted by molar-refractivity contribution is 0.0978. The van der Waals surface area contributed by atoms with Crippen LogP contribution < -0.4 is 4.74 Å². The highest BCUT2D eigenvalue weighted by molar-refractivity contribution is 5.26. The molecule has 23 heavy (non-hydrogen) atoms. The van der Waals surface area contributed by atoms with Gasteiger partial charge in [-0.3, -0.25) is 0 Å². The monoisotopic (exact) mass is 315 g/mol. The predicted octanol–water partition coefficient (Wildman–Crippen LogP) is 3.62. The number of para-hydroxylation sites is 1. The van der Waals surface area contributed by atoms with E-state index in [0.29, 0.717) is 11.5 Å². The predicted molar refractivity (Wildman–Crippen MR) is 88.3 cm³/mol. The molecule has 0 bridgehead atoms. The van der Waals surface area contributed by atoms with E-state index in [1.165, 1.54) is 11.6 Å². The number of hydrogen-bond acceptors (Lipinski definition) is 3. The van der Waals surface area contributed by atoms with E-state index in [4.69, 9.17) is 4.74 Å². The molecule has 1 aliphatic heterocycles. The Kier molecular flexibility index (Phi) is 5.13. The highest BCUT2D eigenvalue weighted by Gasteiger charge is 2.21. The number of phenolic OH excluding ortho intramolecular Hbond substituents is 1. The number of hydrogen-bond donors (Lipinski definition) is 1. The van der Waals surface area contributed by atoms with Crippen molar-refractivity contribution in [2.24, 2.45) is 0 Å². The van der Waals surface area contributed by atoms with Gasteiger partial charge in [-0.1, -0.05) is 24.3 Å². The number of ether oxygens (including phenoxy) is 1. The third-order valence-corrected chi connectivity index (χ3v) is 4.32. The number of phenols is 1. The molecular weight excluding hydrogens is 293 g/mol. The van der Waals surface area contributed by atoms with E-state index < -0.39 is 0 Å². The molecule has 0 atom stereocenters. The lowest BCUT2D eigenvalue weighted by Gasteiger charge is -2.32. The van der Waals surface area contributed by atoms with Crippen LogP contribution in [0.3, 0.4) is 0 Å². The summed E-state index contributed by atoms with van der Waals surface area (Å²) < 4.78 is 19.4. The highest BCUT2D eigenvalue weighted by atomic mass is 19.1. The molecule has 0 amide bonds. The molecule has 0 aromatic heterocycles. The molecule has 1 saturated heterocycles. The highest BCUT2D eigenvalue weighted by Crippen LogP contribution is 2.22. The van der Waals surface area contributed by atoms with Gasteiger partial charge in [0.1, 0.15) is 11.9 Å². The van der Waals surface area contributed by atoms with E-state index in [-0.39, 0.29) is 11.9 Å². The van der Waals surface area contributed by atoms with Crippen LogP contribution in [-0.4, -0.2) is 35.7 Å². The van der Waals surface area contributed by atoms with Crippen LogP contribution in [0.1, 0.15) is 18.4 Å². The molecule has 0 aliphatic carbocycles. The zero-order chi connectivity index (χ0) is 16.1. The molecule has 2 aromatic rings. The van der Waals surface area contributed by atoms with Crippen molar-refractivity contribution in [1.82, 2.24) is 4.90 Å². The number of rotatable bonds is 5. The van der Waals surface area contributed by atoms with Gasteiger partial charge < -0.3 is 14.7 Å². The lowest BCUT2D eigenvalue weighted by atomic mass is 10.1. The van der Waals surface area contributed by atoms with Gasteiger partial charge in [0.15, 0.2) is 11.6 Å². The van der Waals surface area contributed by atoms with Crippen LogP contribution >= 0.6 is 0 Å². The van der Waals surface area contributed by atoms with Crippen LogP contribution in [0.5, 0.6) is 11.5 Å². The van der Waals surface area contributed by atoms with Crippen molar-refractivity contribution in [2.75, 3.05) is 19.6 Å². The Morgan fingerprint density at radius 3 is 2.43 bits per heavy atom. The average Bonchev–Trinajstić information content (AvgIpc) is 2.58. The topological polar surface area (TPSA) is 32.7 Å². The molecule has 2 aromatic carbocycles. The molecule has 4 heteroatoms. The van der Waals surface area contributed by atoms with E-state index in [1.54, 1.807) is 30.3 Å². The van der Waals surface area contributed by atoms with Crippen LogP contribution in [0, 0.1) is 5.82 Å². The quantitative estimate of drug-likeness (QED) is 0.915. The van der Waals surface area contributed by atoms with Gasteiger partial charge in [0.2, 0.25) is 0 Å². The Morgan fingerprint density at radius 2 is 1.74 bits per heavy atom. The molecule has 0 saturated carbocycles. The van der Waals surface area contributed by atoms with Gasteiger partial charge in [0.05, 0.1) is 0 Å². The summed E-state index contributed by atoms with van der Waals surface area (Å²) in [6.07, 6.45) is 2.91. The summed E-state index contributed by atoms with van der Waals surface area (Å²) in [6.45, 7) is 2.94. The van der Waals surface area contributed by atoms with Gasteiger partial charge in [-0.2, -0.15) is 0 Å². The minimum Gasteiger partial charge on any atom is -0.508 e. The fourth-order valence-electron chi connectivity index (χ4n) is 2.92. The molecule has 1 heterocycles. The van der Waals surface area contributed by atoms with Crippen molar-refractivity contribution in [3.05, 3.63) is 59.9 Å². The third-order valence-electron chi connectivity index (χ3n) is 4.32. The molecule has 1 fully saturated rings. The normalized spacial score (nSPS) is 16.4. The zero-order valence-electron chi connectivity index (χ0n) is 13.1. The summed E-state index contributed by atoms with van der Waals surface area (Å²) in [4.78, 5) is 2.41. The number of halogens is 1. The second kappa shape index (κ2) is 7.47.